The Kier molecular flexibility index (Phi) is 5.27. The molecule has 0 radical (unpaired) electrons. The van der Waals surface area contributed by atoms with E-state index >= 15 is 0 Å². The van der Waals surface area contributed by atoms with E-state index in [0.717, 1.165) is 11.1 Å². The van der Waals surface area contributed by atoms with E-state index in [2.05, 4.69) is 10.3 Å². The number of hydrogen-bond acceptors (Lipinski definition) is 5. The van der Waals surface area contributed by atoms with Crippen molar-refractivity contribution in [3.05, 3.63) is 59.3 Å². The van der Waals surface area contributed by atoms with Crippen molar-refractivity contribution in [2.24, 2.45) is 0 Å². The Hall–Kier alpha value is -2.41. The molecule has 1 aromatic heterocycles. The molecule has 1 atom stereocenters. The fraction of sp³-hybridized carbons (Fsp3) is 0.368. The number of nitrogens with zero attached hydrogens (tertiary/aromatic N) is 2. The number of amides is 1. The summed E-state index contributed by atoms with van der Waals surface area (Å²) in [5.74, 6) is 0.867. The van der Waals surface area contributed by atoms with Crippen LogP contribution in [0.5, 0.6) is 0 Å². The summed E-state index contributed by atoms with van der Waals surface area (Å²) in [6.45, 7) is 2.48. The lowest BCUT2D eigenvalue weighted by Crippen LogP contribution is -2.33. The third kappa shape index (κ3) is 4.22. The molecule has 1 saturated heterocycles. The molecule has 1 fully saturated rings. The molecule has 7 heteroatoms. The number of anilines is 1. The van der Waals surface area contributed by atoms with Crippen molar-refractivity contribution in [2.45, 2.75) is 25.9 Å². The molecule has 3 rings (SSSR count). The average Bonchev–Trinajstić information content (AvgIpc) is 3.00. The molecule has 1 aromatic carbocycles. The summed E-state index contributed by atoms with van der Waals surface area (Å²) in [4.78, 5) is 18.5. The Morgan fingerprint density at radius 2 is 2.04 bits per heavy atom. The van der Waals surface area contributed by atoms with Crippen molar-refractivity contribution in [3.63, 3.8) is 0 Å². The van der Waals surface area contributed by atoms with E-state index < -0.39 is 9.84 Å². The zero-order valence-electron chi connectivity index (χ0n) is 15.0. The second-order valence-electron chi connectivity index (χ2n) is 6.68. The molecule has 1 aliphatic heterocycles. The van der Waals surface area contributed by atoms with Gasteiger partial charge in [-0.1, -0.05) is 24.3 Å². The van der Waals surface area contributed by atoms with Crippen LogP contribution in [0.1, 0.15) is 27.9 Å². The fourth-order valence-electron chi connectivity index (χ4n) is 3.08. The van der Waals surface area contributed by atoms with Crippen LogP contribution >= 0.6 is 0 Å². The molecule has 2 heterocycles. The number of carbonyl (C=O) groups is 1. The Morgan fingerprint density at radius 3 is 2.65 bits per heavy atom. The van der Waals surface area contributed by atoms with Gasteiger partial charge in [-0.05, 0) is 36.6 Å². The largest absolute Gasteiger partial charge is 0.356 e. The number of hydrogen-bond donors (Lipinski definition) is 1. The number of carbonyl (C=O) groups excluding carboxylic acids is 1. The van der Waals surface area contributed by atoms with Gasteiger partial charge in [-0.15, -0.1) is 0 Å². The van der Waals surface area contributed by atoms with Crippen LogP contribution in [0.4, 0.5) is 5.82 Å². The van der Waals surface area contributed by atoms with E-state index in [0.29, 0.717) is 24.3 Å². The van der Waals surface area contributed by atoms with Gasteiger partial charge in [-0.3, -0.25) is 4.79 Å². The number of aryl methyl sites for hydroxylation is 1. The van der Waals surface area contributed by atoms with E-state index in [1.807, 2.05) is 43.1 Å². The zero-order valence-corrected chi connectivity index (χ0v) is 15.8. The quantitative estimate of drug-likeness (QED) is 0.866. The highest BCUT2D eigenvalue weighted by Crippen LogP contribution is 2.21. The van der Waals surface area contributed by atoms with Crippen LogP contribution in [-0.4, -0.2) is 43.9 Å². The van der Waals surface area contributed by atoms with Gasteiger partial charge in [0, 0.05) is 25.8 Å². The first kappa shape index (κ1) is 18.4. The van der Waals surface area contributed by atoms with Gasteiger partial charge in [-0.25, -0.2) is 13.4 Å². The molecule has 1 unspecified atom stereocenters. The Morgan fingerprint density at radius 1 is 1.27 bits per heavy atom. The molecular formula is C19H23N3O3S. The first-order valence-corrected chi connectivity index (χ1v) is 10.4. The predicted octanol–water partition coefficient (Wildman–Crippen LogP) is 1.94. The van der Waals surface area contributed by atoms with Gasteiger partial charge in [0.15, 0.2) is 9.84 Å². The summed E-state index contributed by atoms with van der Waals surface area (Å²) in [6.07, 6.45) is 2.14. The normalized spacial score (nSPS) is 18.5. The minimum atomic E-state index is -2.94. The van der Waals surface area contributed by atoms with Gasteiger partial charge < -0.3 is 10.2 Å². The maximum absolute atomic E-state index is 12.3. The Labute approximate surface area is 154 Å². The van der Waals surface area contributed by atoms with Crippen molar-refractivity contribution in [2.75, 3.05) is 23.5 Å². The average molecular weight is 373 g/mol. The van der Waals surface area contributed by atoms with Gasteiger partial charge in [0.05, 0.1) is 17.1 Å². The molecule has 26 heavy (non-hydrogen) atoms. The lowest BCUT2D eigenvalue weighted by molar-refractivity contribution is 0.0950. The van der Waals surface area contributed by atoms with Gasteiger partial charge in [0.2, 0.25) is 0 Å². The number of sulfone groups is 1. The first-order chi connectivity index (χ1) is 12.4. The predicted molar refractivity (Wildman–Crippen MR) is 102 cm³/mol. The Bertz CT molecular complexity index is 895. The van der Waals surface area contributed by atoms with Crippen LogP contribution in [-0.2, 0) is 16.4 Å². The number of rotatable bonds is 5. The van der Waals surface area contributed by atoms with E-state index in [4.69, 9.17) is 0 Å². The summed E-state index contributed by atoms with van der Waals surface area (Å²) in [7, 11) is -1.10. The van der Waals surface area contributed by atoms with E-state index in [9.17, 15) is 13.2 Å². The van der Waals surface area contributed by atoms with Crippen molar-refractivity contribution in [1.82, 2.24) is 10.3 Å². The Balaban J connectivity index is 1.62. The zero-order chi connectivity index (χ0) is 18.7. The molecule has 6 nitrogen and oxygen atoms in total. The molecule has 0 saturated carbocycles. The number of pyridine rings is 1. The molecule has 0 bridgehead atoms. The minimum absolute atomic E-state index is 0.0618. The smallest absolute Gasteiger partial charge is 0.253 e. The lowest BCUT2D eigenvalue weighted by atomic mass is 10.1. The highest BCUT2D eigenvalue weighted by atomic mass is 32.2. The van der Waals surface area contributed by atoms with Crippen LogP contribution in [0.3, 0.4) is 0 Å². The summed E-state index contributed by atoms with van der Waals surface area (Å²) in [6, 6.07) is 11.3. The third-order valence-corrected chi connectivity index (χ3v) is 6.58. The van der Waals surface area contributed by atoms with Crippen molar-refractivity contribution in [1.29, 1.82) is 0 Å². The summed E-state index contributed by atoms with van der Waals surface area (Å²) in [5, 5.41) is 2.90. The van der Waals surface area contributed by atoms with Crippen LogP contribution in [0.15, 0.2) is 42.6 Å². The van der Waals surface area contributed by atoms with Crippen LogP contribution < -0.4 is 10.2 Å². The second-order valence-corrected chi connectivity index (χ2v) is 8.91. The topological polar surface area (TPSA) is 79.4 Å². The molecular weight excluding hydrogens is 350 g/mol. The molecule has 1 amide bonds. The van der Waals surface area contributed by atoms with Gasteiger partial charge >= 0.3 is 0 Å². The minimum Gasteiger partial charge on any atom is -0.356 e. The van der Waals surface area contributed by atoms with Gasteiger partial charge in [-0.2, -0.15) is 0 Å². The monoisotopic (exact) mass is 373 g/mol. The third-order valence-electron chi connectivity index (χ3n) is 4.83. The number of benzene rings is 1. The van der Waals surface area contributed by atoms with Crippen molar-refractivity contribution >= 4 is 21.6 Å². The van der Waals surface area contributed by atoms with Crippen LogP contribution in [0, 0.1) is 6.92 Å². The summed E-state index contributed by atoms with van der Waals surface area (Å²) in [5.41, 5.74) is 2.69. The first-order valence-electron chi connectivity index (χ1n) is 8.58. The molecule has 0 aliphatic carbocycles. The summed E-state index contributed by atoms with van der Waals surface area (Å²) < 4.78 is 23.3. The standard InChI is InChI=1S/C19H23N3O3S/c1-14-5-3-4-6-15(14)11-21-19(23)16-7-8-18(20-12-16)22(2)17-9-10-26(24,25)13-17/h3-8,12,17H,9-11,13H2,1-2H3,(H,21,23). The highest BCUT2D eigenvalue weighted by Gasteiger charge is 2.31. The molecule has 2 aromatic rings. The lowest BCUT2D eigenvalue weighted by Gasteiger charge is -2.24. The fourth-order valence-corrected chi connectivity index (χ4v) is 4.86. The summed E-state index contributed by atoms with van der Waals surface area (Å²) >= 11 is 0. The molecule has 1 aliphatic rings. The van der Waals surface area contributed by atoms with Crippen molar-refractivity contribution in [3.8, 4) is 0 Å². The maximum Gasteiger partial charge on any atom is 0.253 e. The highest BCUT2D eigenvalue weighted by molar-refractivity contribution is 7.91. The van der Waals surface area contributed by atoms with Crippen LogP contribution in [0.25, 0.3) is 0 Å². The number of aromatic nitrogens is 1. The van der Waals surface area contributed by atoms with Crippen LogP contribution in [0.2, 0.25) is 0 Å². The van der Waals surface area contributed by atoms with Gasteiger partial charge in [0.1, 0.15) is 5.82 Å². The maximum atomic E-state index is 12.3. The molecule has 1 N–H and O–H groups in total. The molecule has 138 valence electrons. The van der Waals surface area contributed by atoms with Crippen molar-refractivity contribution < 1.29 is 13.2 Å². The molecule has 0 spiro atoms. The van der Waals surface area contributed by atoms with E-state index in [1.54, 1.807) is 12.1 Å². The van der Waals surface area contributed by atoms with E-state index in [1.165, 1.54) is 6.20 Å². The van der Waals surface area contributed by atoms with E-state index in [-0.39, 0.29) is 23.5 Å². The second kappa shape index (κ2) is 7.45. The SMILES string of the molecule is Cc1ccccc1CNC(=O)c1ccc(N(C)C2CCS(=O)(=O)C2)nc1. The number of nitrogens with one attached hydrogen (secondary N) is 1. The van der Waals surface area contributed by atoms with Gasteiger partial charge in [0.25, 0.3) is 5.91 Å².